The average molecular weight is 312 g/mol. The largest absolute Gasteiger partial charge is 0.493 e. The second-order valence-electron chi connectivity index (χ2n) is 5.20. The summed E-state index contributed by atoms with van der Waals surface area (Å²) in [6, 6.07) is 5.47. The van der Waals surface area contributed by atoms with Crippen LogP contribution in [0.4, 0.5) is 0 Å². The summed E-state index contributed by atoms with van der Waals surface area (Å²) in [6.07, 6.45) is 4.25. The molecule has 5 heteroatoms. The number of carbonyl (C=O) groups excluding carboxylic acids is 1. The van der Waals surface area contributed by atoms with Crippen molar-refractivity contribution in [3.8, 4) is 11.5 Å². The van der Waals surface area contributed by atoms with Crippen LogP contribution in [-0.4, -0.2) is 43.5 Å². The smallest absolute Gasteiger partial charge is 0.258 e. The van der Waals surface area contributed by atoms with Crippen molar-refractivity contribution in [2.75, 3.05) is 26.6 Å². The molecule has 1 atom stereocenters. The zero-order valence-corrected chi connectivity index (χ0v) is 13.4. The minimum Gasteiger partial charge on any atom is -0.493 e. The Hall–Kier alpha value is -1.42. The molecule has 0 saturated carbocycles. The molecule has 1 aliphatic heterocycles. The van der Waals surface area contributed by atoms with Crippen molar-refractivity contribution in [1.29, 1.82) is 0 Å². The highest BCUT2D eigenvalue weighted by Gasteiger charge is 2.28. The SMILES string of the molecule is COc1cccc(C(=O)N2CCCCCC2CCl)c1OC. The maximum absolute atomic E-state index is 12.9. The summed E-state index contributed by atoms with van der Waals surface area (Å²) in [6.45, 7) is 0.747. The molecule has 1 fully saturated rings. The molecule has 1 aromatic rings. The zero-order chi connectivity index (χ0) is 15.2. The lowest BCUT2D eigenvalue weighted by atomic mass is 10.1. The van der Waals surface area contributed by atoms with Gasteiger partial charge in [0.1, 0.15) is 0 Å². The maximum Gasteiger partial charge on any atom is 0.258 e. The van der Waals surface area contributed by atoms with Gasteiger partial charge in [-0.3, -0.25) is 4.79 Å². The maximum atomic E-state index is 12.9. The molecule has 1 amide bonds. The summed E-state index contributed by atoms with van der Waals surface area (Å²) in [5.74, 6) is 1.50. The number of para-hydroxylation sites is 1. The molecule has 21 heavy (non-hydrogen) atoms. The lowest BCUT2D eigenvalue weighted by Crippen LogP contribution is -2.41. The van der Waals surface area contributed by atoms with E-state index < -0.39 is 0 Å². The lowest BCUT2D eigenvalue weighted by Gasteiger charge is -2.29. The van der Waals surface area contributed by atoms with Gasteiger partial charge in [-0.2, -0.15) is 0 Å². The van der Waals surface area contributed by atoms with Crippen LogP contribution in [0.1, 0.15) is 36.0 Å². The van der Waals surface area contributed by atoms with Gasteiger partial charge < -0.3 is 14.4 Å². The van der Waals surface area contributed by atoms with Crippen LogP contribution in [0.15, 0.2) is 18.2 Å². The predicted octanol–water partition coefficient (Wildman–Crippen LogP) is 3.33. The van der Waals surface area contributed by atoms with E-state index in [-0.39, 0.29) is 11.9 Å². The first-order chi connectivity index (χ1) is 10.2. The minimum atomic E-state index is -0.0294. The molecule has 2 rings (SSSR count). The van der Waals surface area contributed by atoms with Gasteiger partial charge >= 0.3 is 0 Å². The molecule has 1 aliphatic rings. The number of nitrogens with zero attached hydrogens (tertiary/aromatic N) is 1. The quantitative estimate of drug-likeness (QED) is 0.801. The van der Waals surface area contributed by atoms with E-state index in [0.29, 0.717) is 22.9 Å². The normalized spacial score (nSPS) is 19.0. The van der Waals surface area contributed by atoms with Crippen molar-refractivity contribution in [3.63, 3.8) is 0 Å². The Labute approximate surface area is 131 Å². The number of hydrogen-bond donors (Lipinski definition) is 0. The molecular formula is C16H22ClNO3. The molecule has 0 spiro atoms. The molecule has 1 heterocycles. The number of likely N-dealkylation sites (tertiary alicyclic amines) is 1. The number of amides is 1. The van der Waals surface area contributed by atoms with Crippen molar-refractivity contribution in [1.82, 2.24) is 4.90 Å². The Morgan fingerprint density at radius 1 is 1.29 bits per heavy atom. The van der Waals surface area contributed by atoms with Gasteiger partial charge in [0, 0.05) is 18.5 Å². The average Bonchev–Trinajstić information content (AvgIpc) is 2.78. The summed E-state index contributed by atoms with van der Waals surface area (Å²) in [5.41, 5.74) is 0.536. The van der Waals surface area contributed by atoms with Crippen molar-refractivity contribution in [3.05, 3.63) is 23.8 Å². The van der Waals surface area contributed by atoms with Crippen molar-refractivity contribution in [2.24, 2.45) is 0 Å². The molecule has 1 saturated heterocycles. The third-order valence-electron chi connectivity index (χ3n) is 3.95. The van der Waals surface area contributed by atoms with Crippen LogP contribution in [0.2, 0.25) is 0 Å². The first-order valence-corrected chi connectivity index (χ1v) is 7.84. The summed E-state index contributed by atoms with van der Waals surface area (Å²) in [7, 11) is 3.12. The van der Waals surface area contributed by atoms with E-state index in [1.54, 1.807) is 26.4 Å². The minimum absolute atomic E-state index is 0.0294. The number of alkyl halides is 1. The molecule has 0 bridgehead atoms. The van der Waals surface area contributed by atoms with Gasteiger partial charge in [0.2, 0.25) is 0 Å². The Balaban J connectivity index is 2.33. The van der Waals surface area contributed by atoms with Crippen LogP contribution in [-0.2, 0) is 0 Å². The van der Waals surface area contributed by atoms with E-state index in [4.69, 9.17) is 21.1 Å². The van der Waals surface area contributed by atoms with Crippen molar-refractivity contribution < 1.29 is 14.3 Å². The molecule has 0 N–H and O–H groups in total. The fourth-order valence-corrected chi connectivity index (χ4v) is 3.14. The molecular weight excluding hydrogens is 290 g/mol. The highest BCUT2D eigenvalue weighted by atomic mass is 35.5. The van der Waals surface area contributed by atoms with E-state index in [0.717, 1.165) is 32.2 Å². The molecule has 4 nitrogen and oxygen atoms in total. The highest BCUT2D eigenvalue weighted by Crippen LogP contribution is 2.32. The van der Waals surface area contributed by atoms with Crippen LogP contribution in [0.25, 0.3) is 0 Å². The molecule has 1 unspecified atom stereocenters. The van der Waals surface area contributed by atoms with E-state index in [9.17, 15) is 4.79 Å². The van der Waals surface area contributed by atoms with Crippen molar-refractivity contribution >= 4 is 17.5 Å². The van der Waals surface area contributed by atoms with Crippen molar-refractivity contribution in [2.45, 2.75) is 31.7 Å². The highest BCUT2D eigenvalue weighted by molar-refractivity contribution is 6.18. The number of benzene rings is 1. The second kappa shape index (κ2) is 7.55. The van der Waals surface area contributed by atoms with Crippen LogP contribution >= 0.6 is 11.6 Å². The molecule has 0 radical (unpaired) electrons. The number of carbonyl (C=O) groups is 1. The van der Waals surface area contributed by atoms with E-state index >= 15 is 0 Å². The Morgan fingerprint density at radius 3 is 2.76 bits per heavy atom. The van der Waals surface area contributed by atoms with Crippen LogP contribution < -0.4 is 9.47 Å². The topological polar surface area (TPSA) is 38.8 Å². The van der Waals surface area contributed by atoms with Gasteiger partial charge in [-0.05, 0) is 25.0 Å². The third-order valence-corrected chi connectivity index (χ3v) is 4.31. The Kier molecular flexibility index (Phi) is 5.74. The first-order valence-electron chi connectivity index (χ1n) is 7.30. The molecule has 0 aliphatic carbocycles. The monoisotopic (exact) mass is 311 g/mol. The number of methoxy groups -OCH3 is 2. The van der Waals surface area contributed by atoms with Gasteiger partial charge in [0.15, 0.2) is 11.5 Å². The van der Waals surface area contributed by atoms with Gasteiger partial charge in [-0.25, -0.2) is 0 Å². The fraction of sp³-hybridized carbons (Fsp3) is 0.562. The summed E-state index contributed by atoms with van der Waals surface area (Å²) >= 11 is 6.06. The van der Waals surface area contributed by atoms with Crippen LogP contribution in [0, 0.1) is 0 Å². The van der Waals surface area contributed by atoms with Crippen LogP contribution in [0.5, 0.6) is 11.5 Å². The molecule has 116 valence electrons. The van der Waals surface area contributed by atoms with E-state index in [1.807, 2.05) is 11.0 Å². The number of halogens is 1. The van der Waals surface area contributed by atoms with Gasteiger partial charge in [-0.1, -0.05) is 18.9 Å². The fourth-order valence-electron chi connectivity index (χ4n) is 2.82. The summed E-state index contributed by atoms with van der Waals surface area (Å²) in [4.78, 5) is 14.8. The van der Waals surface area contributed by atoms with Gasteiger partial charge in [0.05, 0.1) is 19.8 Å². The standard InChI is InChI=1S/C16H22ClNO3/c1-20-14-9-6-8-13(15(14)21-2)16(19)18-10-5-3-4-7-12(18)11-17/h6,8-9,12H,3-5,7,10-11H2,1-2H3. The lowest BCUT2D eigenvalue weighted by molar-refractivity contribution is 0.0696. The third kappa shape index (κ3) is 3.43. The number of rotatable bonds is 4. The summed E-state index contributed by atoms with van der Waals surface area (Å²) in [5, 5.41) is 0. The molecule has 1 aromatic carbocycles. The second-order valence-corrected chi connectivity index (χ2v) is 5.51. The van der Waals surface area contributed by atoms with Gasteiger partial charge in [-0.15, -0.1) is 11.6 Å². The first kappa shape index (κ1) is 16.0. The Morgan fingerprint density at radius 2 is 2.10 bits per heavy atom. The van der Waals surface area contributed by atoms with Crippen LogP contribution in [0.3, 0.4) is 0 Å². The van der Waals surface area contributed by atoms with Gasteiger partial charge in [0.25, 0.3) is 5.91 Å². The summed E-state index contributed by atoms with van der Waals surface area (Å²) < 4.78 is 10.6. The zero-order valence-electron chi connectivity index (χ0n) is 12.6. The molecule has 0 aromatic heterocycles. The van der Waals surface area contributed by atoms with E-state index in [2.05, 4.69) is 0 Å². The number of hydrogen-bond acceptors (Lipinski definition) is 3. The van der Waals surface area contributed by atoms with E-state index in [1.165, 1.54) is 0 Å². The predicted molar refractivity (Wildman–Crippen MR) is 83.6 cm³/mol. The number of ether oxygens (including phenoxy) is 2. The Bertz CT molecular complexity index is 492.